The molecule has 94 valence electrons. The van der Waals surface area contributed by atoms with Gasteiger partial charge in [-0.05, 0) is 38.4 Å². The molecule has 1 fully saturated rings. The van der Waals surface area contributed by atoms with E-state index in [1.807, 2.05) is 12.1 Å². The highest BCUT2D eigenvalue weighted by atomic mass is 35.5. The fourth-order valence-corrected chi connectivity index (χ4v) is 2.03. The number of carbonyl (C=O) groups is 1. The maximum atomic E-state index is 10.7. The quantitative estimate of drug-likeness (QED) is 0.844. The van der Waals surface area contributed by atoms with Gasteiger partial charge in [0.1, 0.15) is 12.0 Å². The summed E-state index contributed by atoms with van der Waals surface area (Å²) >= 11 is 0. The Morgan fingerprint density at radius 2 is 2.24 bits per heavy atom. The van der Waals surface area contributed by atoms with Crippen molar-refractivity contribution in [2.45, 2.75) is 31.9 Å². The van der Waals surface area contributed by atoms with Crippen molar-refractivity contribution in [1.82, 2.24) is 5.32 Å². The lowest BCUT2D eigenvalue weighted by atomic mass is 10.0. The molecule has 17 heavy (non-hydrogen) atoms. The molecule has 2 rings (SSSR count). The van der Waals surface area contributed by atoms with E-state index in [0.29, 0.717) is 5.56 Å². The number of rotatable bonds is 3. The zero-order chi connectivity index (χ0) is 11.4. The SMILES string of the molecule is C[C@]1(Oc2cccc(C=O)c2)CCCCN1.Cl. The van der Waals surface area contributed by atoms with E-state index >= 15 is 0 Å². The van der Waals surface area contributed by atoms with Gasteiger partial charge in [0.15, 0.2) is 5.72 Å². The first-order valence-corrected chi connectivity index (χ1v) is 5.71. The normalized spacial score (nSPS) is 23.6. The van der Waals surface area contributed by atoms with Crippen molar-refractivity contribution in [2.24, 2.45) is 0 Å². The van der Waals surface area contributed by atoms with Crippen LogP contribution in [0.15, 0.2) is 24.3 Å². The van der Waals surface area contributed by atoms with Gasteiger partial charge in [0, 0.05) is 12.0 Å². The summed E-state index contributed by atoms with van der Waals surface area (Å²) in [5.74, 6) is 0.751. The van der Waals surface area contributed by atoms with Gasteiger partial charge >= 0.3 is 0 Å². The fraction of sp³-hybridized carbons (Fsp3) is 0.462. The molecule has 0 aliphatic carbocycles. The van der Waals surface area contributed by atoms with E-state index in [4.69, 9.17) is 4.74 Å². The molecule has 4 heteroatoms. The Bertz CT molecular complexity index is 375. The number of halogens is 1. The summed E-state index contributed by atoms with van der Waals surface area (Å²) in [5, 5.41) is 3.37. The third-order valence-electron chi connectivity index (χ3n) is 2.92. The molecule has 1 aliphatic rings. The summed E-state index contributed by atoms with van der Waals surface area (Å²) < 4.78 is 5.92. The Morgan fingerprint density at radius 1 is 1.41 bits per heavy atom. The van der Waals surface area contributed by atoms with E-state index in [0.717, 1.165) is 25.0 Å². The first-order valence-electron chi connectivity index (χ1n) is 5.71. The molecule has 3 nitrogen and oxygen atoms in total. The smallest absolute Gasteiger partial charge is 0.158 e. The van der Waals surface area contributed by atoms with Crippen molar-refractivity contribution in [2.75, 3.05) is 6.54 Å². The maximum absolute atomic E-state index is 10.7. The number of piperidine rings is 1. The Morgan fingerprint density at radius 3 is 2.88 bits per heavy atom. The Hall–Kier alpha value is -1.06. The van der Waals surface area contributed by atoms with Gasteiger partial charge in [-0.15, -0.1) is 12.4 Å². The largest absolute Gasteiger partial charge is 0.473 e. The third-order valence-corrected chi connectivity index (χ3v) is 2.92. The van der Waals surface area contributed by atoms with Gasteiger partial charge in [0.25, 0.3) is 0 Å². The van der Waals surface area contributed by atoms with Crippen molar-refractivity contribution < 1.29 is 9.53 Å². The van der Waals surface area contributed by atoms with Crippen LogP contribution in [0.4, 0.5) is 0 Å². The minimum Gasteiger partial charge on any atom is -0.473 e. The number of ether oxygens (including phenoxy) is 1. The zero-order valence-electron chi connectivity index (χ0n) is 9.94. The van der Waals surface area contributed by atoms with E-state index in [1.165, 1.54) is 12.8 Å². The summed E-state index contributed by atoms with van der Waals surface area (Å²) in [6, 6.07) is 7.27. The van der Waals surface area contributed by atoms with E-state index in [2.05, 4.69) is 12.2 Å². The van der Waals surface area contributed by atoms with Crippen molar-refractivity contribution in [1.29, 1.82) is 0 Å². The van der Waals surface area contributed by atoms with Gasteiger partial charge < -0.3 is 4.74 Å². The predicted molar refractivity (Wildman–Crippen MR) is 70.0 cm³/mol. The summed E-state index contributed by atoms with van der Waals surface area (Å²) in [6.07, 6.45) is 4.21. The fourth-order valence-electron chi connectivity index (χ4n) is 2.03. The standard InChI is InChI=1S/C13H17NO2.ClH/c1-13(7-2-3-8-14-13)16-12-6-4-5-11(9-12)10-15;/h4-6,9-10,14H,2-3,7-8H2,1H3;1H/t13-;/m0./s1. The molecule has 1 atom stereocenters. The lowest BCUT2D eigenvalue weighted by Gasteiger charge is -2.35. The summed E-state index contributed by atoms with van der Waals surface area (Å²) in [7, 11) is 0. The summed E-state index contributed by atoms with van der Waals surface area (Å²) in [6.45, 7) is 3.05. The lowest BCUT2D eigenvalue weighted by molar-refractivity contribution is 0.0254. The number of aldehydes is 1. The monoisotopic (exact) mass is 255 g/mol. The number of nitrogens with one attached hydrogen (secondary N) is 1. The Kier molecular flexibility index (Phi) is 4.97. The van der Waals surface area contributed by atoms with Crippen LogP contribution in [0.2, 0.25) is 0 Å². The van der Waals surface area contributed by atoms with Crippen LogP contribution in [0.5, 0.6) is 5.75 Å². The van der Waals surface area contributed by atoms with Crippen molar-refractivity contribution in [3.8, 4) is 5.75 Å². The molecule has 1 heterocycles. The average Bonchev–Trinajstić information content (AvgIpc) is 2.29. The highest BCUT2D eigenvalue weighted by Crippen LogP contribution is 2.24. The number of hydrogen-bond donors (Lipinski definition) is 1. The van der Waals surface area contributed by atoms with E-state index < -0.39 is 0 Å². The molecule has 0 amide bonds. The van der Waals surface area contributed by atoms with Crippen LogP contribution in [0.3, 0.4) is 0 Å². The van der Waals surface area contributed by atoms with Crippen LogP contribution in [0, 0.1) is 0 Å². The number of carbonyl (C=O) groups excluding carboxylic acids is 1. The minimum absolute atomic E-state index is 0. The van der Waals surface area contributed by atoms with Crippen molar-refractivity contribution in [3.05, 3.63) is 29.8 Å². The van der Waals surface area contributed by atoms with Gasteiger partial charge in [-0.2, -0.15) is 0 Å². The Labute approximate surface area is 108 Å². The molecule has 0 radical (unpaired) electrons. The Balaban J connectivity index is 0.00000144. The molecule has 1 aromatic carbocycles. The van der Waals surface area contributed by atoms with Crippen LogP contribution in [-0.2, 0) is 0 Å². The van der Waals surface area contributed by atoms with Gasteiger partial charge in [-0.1, -0.05) is 12.1 Å². The zero-order valence-corrected chi connectivity index (χ0v) is 10.8. The molecule has 1 aromatic rings. The van der Waals surface area contributed by atoms with E-state index in [9.17, 15) is 4.79 Å². The van der Waals surface area contributed by atoms with Crippen molar-refractivity contribution >= 4 is 18.7 Å². The molecular weight excluding hydrogens is 238 g/mol. The average molecular weight is 256 g/mol. The van der Waals surface area contributed by atoms with Crippen LogP contribution in [0.25, 0.3) is 0 Å². The van der Waals surface area contributed by atoms with Crippen LogP contribution in [-0.4, -0.2) is 18.6 Å². The molecule has 0 saturated carbocycles. The van der Waals surface area contributed by atoms with Gasteiger partial charge in [0.05, 0.1) is 0 Å². The molecular formula is C13H18ClNO2. The molecule has 1 saturated heterocycles. The van der Waals surface area contributed by atoms with E-state index in [-0.39, 0.29) is 18.1 Å². The van der Waals surface area contributed by atoms with Gasteiger partial charge in [0.2, 0.25) is 0 Å². The molecule has 0 spiro atoms. The van der Waals surface area contributed by atoms with Crippen molar-refractivity contribution in [3.63, 3.8) is 0 Å². The van der Waals surface area contributed by atoms with Gasteiger partial charge in [-0.25, -0.2) is 0 Å². The molecule has 1 aliphatic heterocycles. The molecule has 0 aromatic heterocycles. The molecule has 0 unspecified atom stereocenters. The summed E-state index contributed by atoms with van der Waals surface area (Å²) in [4.78, 5) is 10.7. The second kappa shape index (κ2) is 6.03. The third kappa shape index (κ3) is 3.72. The highest BCUT2D eigenvalue weighted by Gasteiger charge is 2.27. The minimum atomic E-state index is -0.292. The second-order valence-corrected chi connectivity index (χ2v) is 4.41. The molecule has 1 N–H and O–H groups in total. The van der Waals surface area contributed by atoms with E-state index in [1.54, 1.807) is 12.1 Å². The van der Waals surface area contributed by atoms with Gasteiger partial charge in [-0.3, -0.25) is 10.1 Å². The van der Waals surface area contributed by atoms with Crippen LogP contribution < -0.4 is 10.1 Å². The number of benzene rings is 1. The first-order chi connectivity index (χ1) is 7.72. The lowest BCUT2D eigenvalue weighted by Crippen LogP contribution is -2.50. The van der Waals surface area contributed by atoms with Crippen LogP contribution >= 0.6 is 12.4 Å². The molecule has 0 bridgehead atoms. The topological polar surface area (TPSA) is 38.3 Å². The predicted octanol–water partition coefficient (Wildman–Crippen LogP) is 2.79. The number of hydrogen-bond acceptors (Lipinski definition) is 3. The highest BCUT2D eigenvalue weighted by molar-refractivity contribution is 5.85. The maximum Gasteiger partial charge on any atom is 0.158 e. The van der Waals surface area contributed by atoms with Crippen LogP contribution in [0.1, 0.15) is 36.5 Å². The first kappa shape index (κ1) is 14.0. The second-order valence-electron chi connectivity index (χ2n) is 4.41. The summed E-state index contributed by atoms with van der Waals surface area (Å²) in [5.41, 5.74) is 0.358.